The fraction of sp³-hybridized carbons (Fsp3) is 0.533. The third-order valence-electron chi connectivity index (χ3n) is 3.92. The Labute approximate surface area is 138 Å². The molecule has 0 radical (unpaired) electrons. The summed E-state index contributed by atoms with van der Waals surface area (Å²) >= 11 is 3.21. The van der Waals surface area contributed by atoms with Gasteiger partial charge in [-0.25, -0.2) is 0 Å². The number of nitrogens with zero attached hydrogens (tertiary/aromatic N) is 4. The number of hydrogen-bond donors (Lipinski definition) is 0. The van der Waals surface area contributed by atoms with Gasteiger partial charge in [0.1, 0.15) is 5.01 Å². The van der Waals surface area contributed by atoms with Crippen LogP contribution in [0, 0.1) is 6.92 Å². The molecule has 22 heavy (non-hydrogen) atoms. The van der Waals surface area contributed by atoms with Gasteiger partial charge >= 0.3 is 0 Å². The zero-order valence-electron chi connectivity index (χ0n) is 12.9. The van der Waals surface area contributed by atoms with Gasteiger partial charge in [-0.15, -0.1) is 10.2 Å². The van der Waals surface area contributed by atoms with Crippen LogP contribution >= 0.6 is 23.1 Å². The molecule has 1 amide bonds. The van der Waals surface area contributed by atoms with Gasteiger partial charge in [-0.05, 0) is 25.5 Å². The van der Waals surface area contributed by atoms with Gasteiger partial charge in [0, 0.05) is 37.2 Å². The molecule has 1 aliphatic heterocycles. The van der Waals surface area contributed by atoms with E-state index in [2.05, 4.69) is 40.0 Å². The summed E-state index contributed by atoms with van der Waals surface area (Å²) in [6.07, 6.45) is 3.62. The van der Waals surface area contributed by atoms with Crippen LogP contribution in [0.3, 0.4) is 0 Å². The summed E-state index contributed by atoms with van der Waals surface area (Å²) in [6, 6.07) is 4.41. The normalized spacial score (nSPS) is 17.5. The SMILES string of the molecule is CC[C@H]1c2cccn2CCN1C(=O)CCSc1nnc(C)s1. The van der Waals surface area contributed by atoms with E-state index >= 15 is 0 Å². The molecule has 5 nitrogen and oxygen atoms in total. The van der Waals surface area contributed by atoms with Crippen LogP contribution in [-0.2, 0) is 11.3 Å². The molecular formula is C15H20N4OS2. The minimum atomic E-state index is 0.213. The summed E-state index contributed by atoms with van der Waals surface area (Å²) in [6.45, 7) is 5.79. The van der Waals surface area contributed by atoms with Crippen molar-refractivity contribution in [3.8, 4) is 0 Å². The number of aromatic nitrogens is 3. The third-order valence-corrected chi connectivity index (χ3v) is 5.89. The second kappa shape index (κ2) is 6.83. The van der Waals surface area contributed by atoms with E-state index in [1.807, 2.05) is 11.8 Å². The molecule has 0 N–H and O–H groups in total. The number of carbonyl (C=O) groups excluding carboxylic acids is 1. The second-order valence-electron chi connectivity index (χ2n) is 5.32. The highest BCUT2D eigenvalue weighted by Gasteiger charge is 2.28. The zero-order chi connectivity index (χ0) is 15.5. The van der Waals surface area contributed by atoms with Crippen molar-refractivity contribution in [1.29, 1.82) is 0 Å². The van der Waals surface area contributed by atoms with Crippen molar-refractivity contribution in [1.82, 2.24) is 19.7 Å². The van der Waals surface area contributed by atoms with Crippen LogP contribution in [0.5, 0.6) is 0 Å². The molecule has 0 saturated carbocycles. The van der Waals surface area contributed by atoms with Crippen molar-refractivity contribution in [2.45, 2.75) is 43.6 Å². The molecule has 0 bridgehead atoms. The van der Waals surface area contributed by atoms with Gasteiger partial charge in [-0.1, -0.05) is 30.0 Å². The van der Waals surface area contributed by atoms with Gasteiger partial charge in [-0.2, -0.15) is 0 Å². The largest absolute Gasteiger partial charge is 0.348 e. The summed E-state index contributed by atoms with van der Waals surface area (Å²) in [7, 11) is 0. The lowest BCUT2D eigenvalue weighted by atomic mass is 10.1. The van der Waals surface area contributed by atoms with Crippen molar-refractivity contribution in [2.24, 2.45) is 0 Å². The lowest BCUT2D eigenvalue weighted by Crippen LogP contribution is -2.41. The molecule has 0 aliphatic carbocycles. The Morgan fingerprint density at radius 3 is 3.05 bits per heavy atom. The number of thioether (sulfide) groups is 1. The molecule has 0 saturated heterocycles. The first-order valence-corrected chi connectivity index (χ1v) is 9.36. The molecule has 0 aromatic carbocycles. The second-order valence-corrected chi connectivity index (χ2v) is 7.85. The van der Waals surface area contributed by atoms with Crippen molar-refractivity contribution in [3.05, 3.63) is 29.0 Å². The third kappa shape index (κ3) is 3.20. The first-order chi connectivity index (χ1) is 10.7. The highest BCUT2D eigenvalue weighted by atomic mass is 32.2. The molecule has 1 aliphatic rings. The minimum absolute atomic E-state index is 0.213. The monoisotopic (exact) mass is 336 g/mol. The molecule has 7 heteroatoms. The number of hydrogen-bond acceptors (Lipinski definition) is 5. The van der Waals surface area contributed by atoms with Gasteiger partial charge in [-0.3, -0.25) is 4.79 Å². The van der Waals surface area contributed by atoms with Gasteiger partial charge in [0.25, 0.3) is 0 Å². The fourth-order valence-corrected chi connectivity index (χ4v) is 4.71. The Morgan fingerprint density at radius 2 is 2.32 bits per heavy atom. The van der Waals surface area contributed by atoms with Gasteiger partial charge in [0.15, 0.2) is 4.34 Å². The average Bonchev–Trinajstić information content (AvgIpc) is 3.14. The van der Waals surface area contributed by atoms with E-state index in [1.54, 1.807) is 23.1 Å². The average molecular weight is 336 g/mol. The number of fused-ring (bicyclic) bond motifs is 1. The van der Waals surface area contributed by atoms with Crippen LogP contribution in [0.25, 0.3) is 0 Å². The minimum Gasteiger partial charge on any atom is -0.348 e. The maximum atomic E-state index is 12.6. The standard InChI is InChI=1S/C15H20N4OS2/c1-3-12-13-5-4-7-18(13)8-9-19(12)14(20)6-10-21-15-17-16-11(2)22-15/h4-5,7,12H,3,6,8-10H2,1-2H3/t12-/m0/s1. The summed E-state index contributed by atoms with van der Waals surface area (Å²) in [5, 5.41) is 9.05. The maximum absolute atomic E-state index is 12.6. The van der Waals surface area contributed by atoms with Gasteiger partial charge in [0.05, 0.1) is 6.04 Å². The predicted molar refractivity (Wildman–Crippen MR) is 89.2 cm³/mol. The lowest BCUT2D eigenvalue weighted by Gasteiger charge is -2.36. The molecule has 0 spiro atoms. The predicted octanol–water partition coefficient (Wildman–Crippen LogP) is 3.12. The van der Waals surface area contributed by atoms with E-state index < -0.39 is 0 Å². The Bertz CT molecular complexity index is 652. The molecule has 2 aromatic rings. The smallest absolute Gasteiger partial charge is 0.224 e. The van der Waals surface area contributed by atoms with E-state index in [0.29, 0.717) is 6.42 Å². The van der Waals surface area contributed by atoms with Crippen LogP contribution in [-0.4, -0.2) is 37.9 Å². The lowest BCUT2D eigenvalue weighted by molar-refractivity contribution is -0.134. The van der Waals surface area contributed by atoms with E-state index in [-0.39, 0.29) is 11.9 Å². The molecule has 3 rings (SSSR count). The molecule has 2 aromatic heterocycles. The Hall–Kier alpha value is -1.34. The van der Waals surface area contributed by atoms with E-state index in [0.717, 1.165) is 34.6 Å². The number of aryl methyl sites for hydroxylation is 1. The van der Waals surface area contributed by atoms with Gasteiger partial charge < -0.3 is 9.47 Å². The number of carbonyl (C=O) groups is 1. The quantitative estimate of drug-likeness (QED) is 0.787. The molecule has 0 unspecified atom stereocenters. The van der Waals surface area contributed by atoms with Crippen molar-refractivity contribution < 1.29 is 4.79 Å². The van der Waals surface area contributed by atoms with Crippen LogP contribution in [0.15, 0.2) is 22.7 Å². The summed E-state index contributed by atoms with van der Waals surface area (Å²) in [5.74, 6) is 1.01. The molecular weight excluding hydrogens is 316 g/mol. The first kappa shape index (κ1) is 15.6. The summed E-state index contributed by atoms with van der Waals surface area (Å²) in [4.78, 5) is 14.6. The van der Waals surface area contributed by atoms with Gasteiger partial charge in [0.2, 0.25) is 5.91 Å². The molecule has 118 valence electrons. The van der Waals surface area contributed by atoms with E-state index in [9.17, 15) is 4.79 Å². The Kier molecular flexibility index (Phi) is 4.83. The Morgan fingerprint density at radius 1 is 1.45 bits per heavy atom. The van der Waals surface area contributed by atoms with Crippen molar-refractivity contribution in [2.75, 3.05) is 12.3 Å². The van der Waals surface area contributed by atoms with Crippen molar-refractivity contribution >= 4 is 29.0 Å². The maximum Gasteiger partial charge on any atom is 0.224 e. The van der Waals surface area contributed by atoms with Crippen LogP contribution in [0.1, 0.15) is 36.5 Å². The number of rotatable bonds is 5. The van der Waals surface area contributed by atoms with Crippen molar-refractivity contribution in [3.63, 3.8) is 0 Å². The number of amides is 1. The highest BCUT2D eigenvalue weighted by Crippen LogP contribution is 2.30. The molecule has 1 atom stereocenters. The van der Waals surface area contributed by atoms with E-state index in [4.69, 9.17) is 0 Å². The topological polar surface area (TPSA) is 51.0 Å². The fourth-order valence-electron chi connectivity index (χ4n) is 2.90. The highest BCUT2D eigenvalue weighted by molar-refractivity contribution is 8.01. The molecule has 0 fully saturated rings. The van der Waals surface area contributed by atoms with Crippen LogP contribution in [0.4, 0.5) is 0 Å². The van der Waals surface area contributed by atoms with Crippen LogP contribution in [0.2, 0.25) is 0 Å². The first-order valence-electron chi connectivity index (χ1n) is 7.56. The summed E-state index contributed by atoms with van der Waals surface area (Å²) in [5.41, 5.74) is 1.26. The summed E-state index contributed by atoms with van der Waals surface area (Å²) < 4.78 is 3.21. The van der Waals surface area contributed by atoms with E-state index in [1.165, 1.54) is 5.69 Å². The van der Waals surface area contributed by atoms with Crippen LogP contribution < -0.4 is 0 Å². The zero-order valence-corrected chi connectivity index (χ0v) is 14.5. The Balaban J connectivity index is 1.58. The molecule has 3 heterocycles.